The van der Waals surface area contributed by atoms with E-state index in [9.17, 15) is 0 Å². The lowest BCUT2D eigenvalue weighted by Crippen LogP contribution is -1.88. The third-order valence-electron chi connectivity index (χ3n) is 1.55. The molecule has 0 spiro atoms. The molecule has 11 heavy (non-hydrogen) atoms. The van der Waals surface area contributed by atoms with Crippen molar-refractivity contribution in [2.75, 3.05) is 6.61 Å². The van der Waals surface area contributed by atoms with E-state index < -0.39 is 0 Å². The number of aliphatic hydroxyl groups excluding tert-OH is 1. The van der Waals surface area contributed by atoms with Crippen molar-refractivity contribution in [3.63, 3.8) is 0 Å². The van der Waals surface area contributed by atoms with Gasteiger partial charge in [0.1, 0.15) is 5.76 Å². The van der Waals surface area contributed by atoms with Crippen LogP contribution in [0.25, 0.3) is 0 Å². The second-order valence-corrected chi connectivity index (χ2v) is 3.27. The fourth-order valence-corrected chi connectivity index (χ4v) is 1.50. The van der Waals surface area contributed by atoms with Gasteiger partial charge in [0.15, 0.2) is 4.67 Å². The lowest BCUT2D eigenvalue weighted by molar-refractivity contribution is 0.283. The first kappa shape index (κ1) is 8.81. The van der Waals surface area contributed by atoms with Crippen LogP contribution >= 0.6 is 15.9 Å². The second kappa shape index (κ2) is 3.93. The average molecular weight is 219 g/mol. The van der Waals surface area contributed by atoms with E-state index in [-0.39, 0.29) is 6.61 Å². The predicted octanol–water partition coefficient (Wildman–Crippen LogP) is 2.28. The van der Waals surface area contributed by atoms with Gasteiger partial charge in [0.05, 0.1) is 0 Å². The van der Waals surface area contributed by atoms with E-state index in [1.165, 1.54) is 0 Å². The first-order valence-electron chi connectivity index (χ1n) is 3.59. The summed E-state index contributed by atoms with van der Waals surface area (Å²) in [6, 6.07) is 1.94. The summed E-state index contributed by atoms with van der Waals surface area (Å²) in [5.41, 5.74) is 1.14. The topological polar surface area (TPSA) is 33.4 Å². The number of furan rings is 1. The number of rotatable bonds is 3. The van der Waals surface area contributed by atoms with Gasteiger partial charge in [-0.25, -0.2) is 0 Å². The molecule has 0 aliphatic rings. The van der Waals surface area contributed by atoms with Crippen LogP contribution in [0.5, 0.6) is 0 Å². The van der Waals surface area contributed by atoms with Crippen LogP contribution in [0.3, 0.4) is 0 Å². The average Bonchev–Trinajstić information content (AvgIpc) is 2.26. The zero-order valence-electron chi connectivity index (χ0n) is 6.43. The van der Waals surface area contributed by atoms with Crippen LogP contribution in [0.2, 0.25) is 0 Å². The highest BCUT2D eigenvalue weighted by molar-refractivity contribution is 9.10. The molecule has 0 aromatic carbocycles. The summed E-state index contributed by atoms with van der Waals surface area (Å²) in [6.45, 7) is 2.22. The van der Waals surface area contributed by atoms with Gasteiger partial charge < -0.3 is 9.52 Å². The highest BCUT2D eigenvalue weighted by Gasteiger charge is 2.03. The molecule has 0 saturated heterocycles. The molecule has 0 fully saturated rings. The van der Waals surface area contributed by atoms with E-state index in [0.29, 0.717) is 0 Å². The molecule has 62 valence electrons. The molecular formula is C8H11BrO2. The molecule has 0 unspecified atom stereocenters. The molecule has 0 aliphatic heterocycles. The minimum atomic E-state index is 0.220. The Morgan fingerprint density at radius 3 is 2.82 bits per heavy atom. The molecule has 0 saturated carbocycles. The van der Waals surface area contributed by atoms with E-state index in [1.807, 2.05) is 13.0 Å². The van der Waals surface area contributed by atoms with Gasteiger partial charge in [0.25, 0.3) is 0 Å². The molecule has 0 bridgehead atoms. The zero-order valence-corrected chi connectivity index (χ0v) is 8.02. The number of hydrogen-bond donors (Lipinski definition) is 1. The van der Waals surface area contributed by atoms with Crippen LogP contribution in [-0.2, 0) is 6.42 Å². The molecule has 0 aliphatic carbocycles. The zero-order chi connectivity index (χ0) is 8.27. The van der Waals surface area contributed by atoms with Gasteiger partial charge in [-0.05, 0) is 40.9 Å². The van der Waals surface area contributed by atoms with Crippen LogP contribution in [0.15, 0.2) is 15.2 Å². The molecule has 1 N–H and O–H groups in total. The minimum Gasteiger partial charge on any atom is -0.454 e. The molecule has 1 heterocycles. The third kappa shape index (κ3) is 2.34. The first-order valence-corrected chi connectivity index (χ1v) is 4.39. The molecule has 3 heteroatoms. The van der Waals surface area contributed by atoms with Crippen molar-refractivity contribution in [1.82, 2.24) is 0 Å². The fourth-order valence-electron chi connectivity index (χ4n) is 0.966. The number of aryl methyl sites for hydroxylation is 2. The van der Waals surface area contributed by atoms with Gasteiger partial charge >= 0.3 is 0 Å². The van der Waals surface area contributed by atoms with Gasteiger partial charge in [-0.15, -0.1) is 0 Å². The van der Waals surface area contributed by atoms with Gasteiger partial charge in [0, 0.05) is 13.0 Å². The van der Waals surface area contributed by atoms with Crippen molar-refractivity contribution in [2.24, 2.45) is 0 Å². The van der Waals surface area contributed by atoms with Crippen molar-refractivity contribution in [2.45, 2.75) is 19.8 Å². The van der Waals surface area contributed by atoms with Crippen LogP contribution < -0.4 is 0 Å². The molecule has 0 radical (unpaired) electrons. The Hall–Kier alpha value is -0.280. The summed E-state index contributed by atoms with van der Waals surface area (Å²) in [7, 11) is 0. The Labute approximate surface area is 74.3 Å². The lowest BCUT2D eigenvalue weighted by atomic mass is 10.2. The van der Waals surface area contributed by atoms with E-state index >= 15 is 0 Å². The van der Waals surface area contributed by atoms with Crippen LogP contribution in [0.1, 0.15) is 17.7 Å². The highest BCUT2D eigenvalue weighted by atomic mass is 79.9. The van der Waals surface area contributed by atoms with Crippen molar-refractivity contribution >= 4 is 15.9 Å². The quantitative estimate of drug-likeness (QED) is 0.845. The number of halogens is 1. The van der Waals surface area contributed by atoms with Crippen molar-refractivity contribution in [3.8, 4) is 0 Å². The summed E-state index contributed by atoms with van der Waals surface area (Å²) >= 11 is 3.25. The molecule has 1 rings (SSSR count). The van der Waals surface area contributed by atoms with Crippen LogP contribution in [0, 0.1) is 6.92 Å². The van der Waals surface area contributed by atoms with Gasteiger partial charge in [-0.1, -0.05) is 0 Å². The predicted molar refractivity (Wildman–Crippen MR) is 46.6 cm³/mol. The monoisotopic (exact) mass is 218 g/mol. The molecule has 2 nitrogen and oxygen atoms in total. The summed E-state index contributed by atoms with van der Waals surface area (Å²) in [6.07, 6.45) is 1.58. The van der Waals surface area contributed by atoms with Crippen LogP contribution in [0.4, 0.5) is 0 Å². The van der Waals surface area contributed by atoms with Crippen molar-refractivity contribution in [1.29, 1.82) is 0 Å². The van der Waals surface area contributed by atoms with E-state index in [4.69, 9.17) is 9.52 Å². The van der Waals surface area contributed by atoms with E-state index in [1.54, 1.807) is 0 Å². The maximum Gasteiger partial charge on any atom is 0.169 e. The first-order chi connectivity index (χ1) is 5.24. The Bertz CT molecular complexity index is 230. The van der Waals surface area contributed by atoms with Crippen molar-refractivity contribution < 1.29 is 9.52 Å². The molecular weight excluding hydrogens is 208 g/mol. The molecule has 0 atom stereocenters. The summed E-state index contributed by atoms with van der Waals surface area (Å²) in [5, 5.41) is 8.57. The summed E-state index contributed by atoms with van der Waals surface area (Å²) < 4.78 is 6.09. The number of hydrogen-bond acceptors (Lipinski definition) is 2. The van der Waals surface area contributed by atoms with Gasteiger partial charge in [-0.2, -0.15) is 0 Å². The molecule has 1 aromatic rings. The Kier molecular flexibility index (Phi) is 3.15. The van der Waals surface area contributed by atoms with Crippen molar-refractivity contribution in [3.05, 3.63) is 22.1 Å². The maximum absolute atomic E-state index is 8.57. The standard InChI is InChI=1S/C8H11BrO2/c1-6-5-8(9)11-7(6)3-2-4-10/h5,10H,2-4H2,1H3. The van der Waals surface area contributed by atoms with Gasteiger partial charge in [0.2, 0.25) is 0 Å². The number of aliphatic hydroxyl groups is 1. The Morgan fingerprint density at radius 2 is 2.36 bits per heavy atom. The Morgan fingerprint density at radius 1 is 1.64 bits per heavy atom. The summed E-state index contributed by atoms with van der Waals surface area (Å²) in [5.74, 6) is 0.964. The van der Waals surface area contributed by atoms with Gasteiger partial charge in [-0.3, -0.25) is 0 Å². The summed E-state index contributed by atoms with van der Waals surface area (Å²) in [4.78, 5) is 0. The normalized spacial score (nSPS) is 10.5. The smallest absolute Gasteiger partial charge is 0.169 e. The highest BCUT2D eigenvalue weighted by Crippen LogP contribution is 2.20. The maximum atomic E-state index is 8.57. The molecule has 0 amide bonds. The lowest BCUT2D eigenvalue weighted by Gasteiger charge is -1.94. The largest absolute Gasteiger partial charge is 0.454 e. The van der Waals surface area contributed by atoms with E-state index in [2.05, 4.69) is 15.9 Å². The second-order valence-electron chi connectivity index (χ2n) is 2.48. The third-order valence-corrected chi connectivity index (χ3v) is 1.94. The SMILES string of the molecule is Cc1cc(Br)oc1CCCO. The van der Waals surface area contributed by atoms with Crippen LogP contribution in [-0.4, -0.2) is 11.7 Å². The minimum absolute atomic E-state index is 0.220. The molecule has 1 aromatic heterocycles. The Balaban J connectivity index is 2.62. The van der Waals surface area contributed by atoms with E-state index in [0.717, 1.165) is 28.8 Å². The fraction of sp³-hybridized carbons (Fsp3) is 0.500.